The van der Waals surface area contributed by atoms with Crippen LogP contribution in [0, 0.1) is 6.92 Å². The van der Waals surface area contributed by atoms with Gasteiger partial charge in [-0.3, -0.25) is 9.69 Å². The Kier molecular flexibility index (Phi) is 4.02. The number of amides is 1. The van der Waals surface area contributed by atoms with Gasteiger partial charge in [-0.2, -0.15) is 0 Å². The van der Waals surface area contributed by atoms with Gasteiger partial charge < -0.3 is 11.1 Å². The number of nitrogens with zero attached hydrogens (tertiary/aromatic N) is 1. The smallest absolute Gasteiger partial charge is 0.244 e. The van der Waals surface area contributed by atoms with Crippen LogP contribution >= 0.6 is 0 Å². The quantitative estimate of drug-likeness (QED) is 0.822. The molecule has 0 bridgehead atoms. The highest BCUT2D eigenvalue weighted by Crippen LogP contribution is 2.36. The molecule has 21 heavy (non-hydrogen) atoms. The van der Waals surface area contributed by atoms with E-state index in [0.29, 0.717) is 11.4 Å². The largest absolute Gasteiger partial charge is 0.397 e. The lowest BCUT2D eigenvalue weighted by molar-refractivity contribution is -0.128. The lowest BCUT2D eigenvalue weighted by Gasteiger charge is -2.43. The van der Waals surface area contributed by atoms with Gasteiger partial charge in [-0.1, -0.05) is 12.1 Å². The fourth-order valence-corrected chi connectivity index (χ4v) is 3.32. The topological polar surface area (TPSA) is 58.4 Å². The summed E-state index contributed by atoms with van der Waals surface area (Å²) in [4.78, 5) is 15.1. The number of anilines is 2. The molecule has 4 heteroatoms. The highest BCUT2D eigenvalue weighted by molar-refractivity contribution is 6.00. The standard InChI is InChI=1S/C17H27N3O/c1-12-8-6-9-13(14(12)18)19-15(21)17(5)10-7-11-20(17)16(2,3)4/h6,8-9H,7,10-11,18H2,1-5H3,(H,19,21)/t17-/m0/s1. The fraction of sp³-hybridized carbons (Fsp3) is 0.588. The molecule has 4 nitrogen and oxygen atoms in total. The summed E-state index contributed by atoms with van der Waals surface area (Å²) < 4.78 is 0. The number of hydrogen-bond acceptors (Lipinski definition) is 3. The van der Waals surface area contributed by atoms with E-state index >= 15 is 0 Å². The van der Waals surface area contributed by atoms with Crippen LogP contribution in [0.15, 0.2) is 18.2 Å². The maximum Gasteiger partial charge on any atom is 0.244 e. The first-order chi connectivity index (χ1) is 9.66. The summed E-state index contributed by atoms with van der Waals surface area (Å²) in [6.07, 6.45) is 1.92. The zero-order valence-electron chi connectivity index (χ0n) is 13.8. The van der Waals surface area contributed by atoms with Crippen molar-refractivity contribution in [3.63, 3.8) is 0 Å². The number of nitrogen functional groups attached to an aromatic ring is 1. The Morgan fingerprint density at radius 1 is 1.38 bits per heavy atom. The number of rotatable bonds is 2. The molecule has 2 rings (SSSR count). The minimum Gasteiger partial charge on any atom is -0.397 e. The molecule has 1 aromatic rings. The number of carbonyl (C=O) groups excluding carboxylic acids is 1. The molecule has 3 N–H and O–H groups in total. The van der Waals surface area contributed by atoms with Crippen molar-refractivity contribution in [3.05, 3.63) is 23.8 Å². The molecule has 1 aliphatic heterocycles. The van der Waals surface area contributed by atoms with Gasteiger partial charge in [0.15, 0.2) is 0 Å². The van der Waals surface area contributed by atoms with Crippen LogP contribution in [0.2, 0.25) is 0 Å². The number of aryl methyl sites for hydroxylation is 1. The predicted octanol–water partition coefficient (Wildman–Crippen LogP) is 3.17. The molecule has 0 radical (unpaired) electrons. The average molecular weight is 289 g/mol. The van der Waals surface area contributed by atoms with Crippen molar-refractivity contribution < 1.29 is 4.79 Å². The van der Waals surface area contributed by atoms with E-state index in [1.54, 1.807) is 0 Å². The summed E-state index contributed by atoms with van der Waals surface area (Å²) in [5.41, 5.74) is 7.90. The van der Waals surface area contributed by atoms with E-state index in [9.17, 15) is 4.79 Å². The third kappa shape index (κ3) is 2.91. The average Bonchev–Trinajstić information content (AvgIpc) is 2.78. The van der Waals surface area contributed by atoms with Crippen molar-refractivity contribution in [3.8, 4) is 0 Å². The van der Waals surface area contributed by atoms with Crippen LogP contribution in [0.3, 0.4) is 0 Å². The van der Waals surface area contributed by atoms with Gasteiger partial charge in [0.05, 0.1) is 16.9 Å². The number of hydrogen-bond donors (Lipinski definition) is 2. The van der Waals surface area contributed by atoms with Crippen molar-refractivity contribution in [2.75, 3.05) is 17.6 Å². The Balaban J connectivity index is 2.25. The second-order valence-corrected chi connectivity index (χ2v) is 7.19. The van der Waals surface area contributed by atoms with Crippen LogP contribution in [0.4, 0.5) is 11.4 Å². The van der Waals surface area contributed by atoms with Crippen LogP contribution < -0.4 is 11.1 Å². The molecule has 1 amide bonds. The van der Waals surface area contributed by atoms with Crippen LogP contribution in [-0.2, 0) is 4.79 Å². The molecule has 0 saturated carbocycles. The molecule has 0 unspecified atom stereocenters. The highest BCUT2D eigenvalue weighted by Gasteiger charge is 2.47. The Morgan fingerprint density at radius 3 is 2.67 bits per heavy atom. The normalized spacial score (nSPS) is 23.3. The van der Waals surface area contributed by atoms with Crippen LogP contribution in [0.5, 0.6) is 0 Å². The van der Waals surface area contributed by atoms with E-state index < -0.39 is 5.54 Å². The van der Waals surface area contributed by atoms with Crippen molar-refractivity contribution in [1.29, 1.82) is 0 Å². The van der Waals surface area contributed by atoms with Gasteiger partial charge in [-0.25, -0.2) is 0 Å². The Bertz CT molecular complexity index is 547. The van der Waals surface area contributed by atoms with Gasteiger partial charge >= 0.3 is 0 Å². The number of para-hydroxylation sites is 1. The minimum atomic E-state index is -0.478. The molecule has 0 spiro atoms. The molecule has 1 aliphatic rings. The second kappa shape index (κ2) is 5.34. The summed E-state index contributed by atoms with van der Waals surface area (Å²) in [6, 6.07) is 5.73. The van der Waals surface area contributed by atoms with Crippen LogP contribution in [0.1, 0.15) is 46.1 Å². The SMILES string of the molecule is Cc1cccc(NC(=O)[C@]2(C)CCCN2C(C)(C)C)c1N. The lowest BCUT2D eigenvalue weighted by atomic mass is 9.92. The first kappa shape index (κ1) is 15.8. The van der Waals surface area contributed by atoms with Crippen molar-refractivity contribution in [2.45, 2.75) is 58.5 Å². The molecule has 1 aromatic carbocycles. The zero-order valence-corrected chi connectivity index (χ0v) is 13.8. The van der Waals surface area contributed by atoms with Gasteiger partial charge in [0.1, 0.15) is 0 Å². The Morgan fingerprint density at radius 2 is 2.05 bits per heavy atom. The predicted molar refractivity (Wildman–Crippen MR) is 88.3 cm³/mol. The first-order valence-corrected chi connectivity index (χ1v) is 7.60. The van der Waals surface area contributed by atoms with Gasteiger partial charge in [-0.05, 0) is 65.6 Å². The minimum absolute atomic E-state index is 0.0270. The molecule has 0 aromatic heterocycles. The summed E-state index contributed by atoms with van der Waals surface area (Å²) in [6.45, 7) is 11.4. The van der Waals surface area contributed by atoms with Crippen molar-refractivity contribution >= 4 is 17.3 Å². The van der Waals surface area contributed by atoms with E-state index in [1.165, 1.54) is 0 Å². The van der Waals surface area contributed by atoms with E-state index in [4.69, 9.17) is 5.73 Å². The Hall–Kier alpha value is -1.55. The maximum absolute atomic E-state index is 12.8. The maximum atomic E-state index is 12.8. The number of carbonyl (C=O) groups is 1. The molecule has 1 fully saturated rings. The molecule has 0 aliphatic carbocycles. The summed E-state index contributed by atoms with van der Waals surface area (Å²) >= 11 is 0. The van der Waals surface area contributed by atoms with Crippen molar-refractivity contribution in [2.24, 2.45) is 0 Å². The van der Waals surface area contributed by atoms with Crippen LogP contribution in [-0.4, -0.2) is 28.4 Å². The number of benzene rings is 1. The highest BCUT2D eigenvalue weighted by atomic mass is 16.2. The molecule has 1 saturated heterocycles. The summed E-state index contributed by atoms with van der Waals surface area (Å²) in [5.74, 6) is 0.0345. The van der Waals surface area contributed by atoms with E-state index in [-0.39, 0.29) is 11.4 Å². The number of nitrogens with two attached hydrogens (primary N) is 1. The molecular formula is C17H27N3O. The third-order valence-electron chi connectivity index (χ3n) is 4.51. The van der Waals surface area contributed by atoms with Gasteiger partial charge in [-0.15, -0.1) is 0 Å². The van der Waals surface area contributed by atoms with E-state index in [0.717, 1.165) is 24.9 Å². The first-order valence-electron chi connectivity index (χ1n) is 7.60. The molecular weight excluding hydrogens is 262 g/mol. The molecule has 1 atom stereocenters. The zero-order chi connectivity index (χ0) is 15.8. The van der Waals surface area contributed by atoms with E-state index in [1.807, 2.05) is 32.0 Å². The number of likely N-dealkylation sites (tertiary alicyclic amines) is 1. The fourth-order valence-electron chi connectivity index (χ4n) is 3.32. The Labute approximate surface area is 127 Å². The van der Waals surface area contributed by atoms with Gasteiger partial charge in [0.25, 0.3) is 0 Å². The van der Waals surface area contributed by atoms with E-state index in [2.05, 4.69) is 31.0 Å². The second-order valence-electron chi connectivity index (χ2n) is 7.19. The van der Waals surface area contributed by atoms with Gasteiger partial charge in [0, 0.05) is 5.54 Å². The molecule has 116 valence electrons. The lowest BCUT2D eigenvalue weighted by Crippen LogP contribution is -2.57. The third-order valence-corrected chi connectivity index (χ3v) is 4.51. The number of nitrogens with one attached hydrogen (secondary N) is 1. The van der Waals surface area contributed by atoms with Crippen LogP contribution in [0.25, 0.3) is 0 Å². The summed E-state index contributed by atoms with van der Waals surface area (Å²) in [5, 5.41) is 3.03. The summed E-state index contributed by atoms with van der Waals surface area (Å²) in [7, 11) is 0. The van der Waals surface area contributed by atoms with Gasteiger partial charge in [0.2, 0.25) is 5.91 Å². The molecule has 1 heterocycles. The van der Waals surface area contributed by atoms with Crippen molar-refractivity contribution in [1.82, 2.24) is 4.90 Å². The monoisotopic (exact) mass is 289 g/mol.